The maximum Gasteiger partial charge on any atom is 0.145 e. The number of nitrogen functional groups attached to an aromatic ring is 1. The SMILES string of the molecule is COc1cc(CNO)cc(OC)c1N. The van der Waals surface area contributed by atoms with Crippen molar-refractivity contribution in [3.63, 3.8) is 0 Å². The van der Waals surface area contributed by atoms with Crippen molar-refractivity contribution >= 4 is 5.69 Å². The Hall–Kier alpha value is -1.46. The van der Waals surface area contributed by atoms with Gasteiger partial charge in [0, 0.05) is 6.54 Å². The number of methoxy groups -OCH3 is 2. The van der Waals surface area contributed by atoms with E-state index in [9.17, 15) is 0 Å². The first-order valence-corrected chi connectivity index (χ1v) is 4.10. The van der Waals surface area contributed by atoms with E-state index < -0.39 is 0 Å². The van der Waals surface area contributed by atoms with Gasteiger partial charge >= 0.3 is 0 Å². The van der Waals surface area contributed by atoms with Crippen LogP contribution in [0.2, 0.25) is 0 Å². The van der Waals surface area contributed by atoms with E-state index in [-0.39, 0.29) is 0 Å². The monoisotopic (exact) mass is 198 g/mol. The summed E-state index contributed by atoms with van der Waals surface area (Å²) in [4.78, 5) is 0. The number of hydrogen-bond acceptors (Lipinski definition) is 5. The molecule has 4 N–H and O–H groups in total. The van der Waals surface area contributed by atoms with Crippen molar-refractivity contribution in [3.8, 4) is 11.5 Å². The van der Waals surface area contributed by atoms with Gasteiger partial charge in [-0.1, -0.05) is 0 Å². The van der Waals surface area contributed by atoms with E-state index in [0.29, 0.717) is 23.7 Å². The lowest BCUT2D eigenvalue weighted by Gasteiger charge is -2.11. The third-order valence-corrected chi connectivity index (χ3v) is 1.89. The van der Waals surface area contributed by atoms with Gasteiger partial charge in [-0.2, -0.15) is 0 Å². The minimum absolute atomic E-state index is 0.312. The van der Waals surface area contributed by atoms with E-state index in [0.717, 1.165) is 5.56 Å². The quantitative estimate of drug-likeness (QED) is 0.492. The van der Waals surface area contributed by atoms with E-state index in [2.05, 4.69) is 5.48 Å². The maximum atomic E-state index is 8.55. The molecule has 1 aromatic carbocycles. The second-order valence-electron chi connectivity index (χ2n) is 2.75. The highest BCUT2D eigenvalue weighted by molar-refractivity contribution is 5.64. The summed E-state index contributed by atoms with van der Waals surface area (Å²) in [5, 5.41) is 8.55. The first-order valence-electron chi connectivity index (χ1n) is 4.10. The summed E-state index contributed by atoms with van der Waals surface area (Å²) in [5.74, 6) is 1.07. The molecule has 5 nitrogen and oxygen atoms in total. The van der Waals surface area contributed by atoms with Crippen molar-refractivity contribution in [2.45, 2.75) is 6.54 Å². The second-order valence-corrected chi connectivity index (χ2v) is 2.75. The molecule has 0 amide bonds. The molecule has 0 radical (unpaired) electrons. The molecule has 0 saturated heterocycles. The summed E-state index contributed by atoms with van der Waals surface area (Å²) in [6.45, 7) is 0.312. The molecule has 0 atom stereocenters. The van der Waals surface area contributed by atoms with E-state index in [4.69, 9.17) is 20.4 Å². The van der Waals surface area contributed by atoms with Crippen LogP contribution >= 0.6 is 0 Å². The van der Waals surface area contributed by atoms with Gasteiger partial charge in [0.05, 0.1) is 14.2 Å². The summed E-state index contributed by atoms with van der Waals surface area (Å²) in [5.41, 5.74) is 9.07. The predicted molar refractivity (Wildman–Crippen MR) is 52.6 cm³/mol. The zero-order valence-electron chi connectivity index (χ0n) is 8.20. The molecular formula is C9H14N2O3. The Morgan fingerprint density at radius 1 is 1.29 bits per heavy atom. The van der Waals surface area contributed by atoms with Crippen molar-refractivity contribution in [1.82, 2.24) is 5.48 Å². The Labute approximate surface area is 82.4 Å². The van der Waals surface area contributed by atoms with Gasteiger partial charge in [0.25, 0.3) is 0 Å². The second kappa shape index (κ2) is 4.69. The molecule has 0 heterocycles. The molecule has 1 rings (SSSR count). The van der Waals surface area contributed by atoms with Gasteiger partial charge in [-0.15, -0.1) is 0 Å². The number of benzene rings is 1. The molecule has 78 valence electrons. The molecule has 14 heavy (non-hydrogen) atoms. The van der Waals surface area contributed by atoms with Crippen LogP contribution in [-0.4, -0.2) is 19.4 Å². The average Bonchev–Trinajstić information content (AvgIpc) is 2.20. The molecule has 0 bridgehead atoms. The van der Waals surface area contributed by atoms with Crippen LogP contribution < -0.4 is 20.7 Å². The van der Waals surface area contributed by atoms with Gasteiger partial charge in [-0.25, -0.2) is 5.48 Å². The van der Waals surface area contributed by atoms with Crippen molar-refractivity contribution in [2.75, 3.05) is 20.0 Å². The van der Waals surface area contributed by atoms with Crippen LogP contribution in [0.1, 0.15) is 5.56 Å². The lowest BCUT2D eigenvalue weighted by atomic mass is 10.1. The number of nitrogens with one attached hydrogen (secondary N) is 1. The molecule has 0 aliphatic heterocycles. The fourth-order valence-electron chi connectivity index (χ4n) is 1.19. The van der Waals surface area contributed by atoms with Crippen LogP contribution in [0.5, 0.6) is 11.5 Å². The molecule has 0 fully saturated rings. The minimum atomic E-state index is 0.312. The molecule has 0 spiro atoms. The van der Waals surface area contributed by atoms with Gasteiger partial charge < -0.3 is 20.4 Å². The minimum Gasteiger partial charge on any atom is -0.494 e. The van der Waals surface area contributed by atoms with Gasteiger partial charge in [0.15, 0.2) is 0 Å². The molecule has 0 saturated carbocycles. The van der Waals surface area contributed by atoms with Gasteiger partial charge in [0.2, 0.25) is 0 Å². The van der Waals surface area contributed by atoms with Crippen LogP contribution in [-0.2, 0) is 6.54 Å². The van der Waals surface area contributed by atoms with Gasteiger partial charge in [-0.05, 0) is 17.7 Å². The standard InChI is InChI=1S/C9H14N2O3/c1-13-7-3-6(5-11-12)4-8(14-2)9(7)10/h3-4,11-12H,5,10H2,1-2H3. The highest BCUT2D eigenvalue weighted by Crippen LogP contribution is 2.32. The fourth-order valence-corrected chi connectivity index (χ4v) is 1.19. The van der Waals surface area contributed by atoms with E-state index in [1.807, 2.05) is 0 Å². The summed E-state index contributed by atoms with van der Waals surface area (Å²) in [7, 11) is 3.06. The predicted octanol–water partition coefficient (Wildman–Crippen LogP) is 0.765. The molecule has 5 heteroatoms. The van der Waals surface area contributed by atoms with Gasteiger partial charge in [-0.3, -0.25) is 0 Å². The van der Waals surface area contributed by atoms with E-state index in [1.54, 1.807) is 12.1 Å². The highest BCUT2D eigenvalue weighted by Gasteiger charge is 2.08. The van der Waals surface area contributed by atoms with Crippen molar-refractivity contribution in [2.24, 2.45) is 0 Å². The smallest absolute Gasteiger partial charge is 0.145 e. The third-order valence-electron chi connectivity index (χ3n) is 1.89. The molecule has 0 aliphatic carbocycles. The largest absolute Gasteiger partial charge is 0.494 e. The van der Waals surface area contributed by atoms with Crippen LogP contribution in [0.15, 0.2) is 12.1 Å². The molecule has 1 aromatic rings. The maximum absolute atomic E-state index is 8.55. The van der Waals surface area contributed by atoms with E-state index in [1.165, 1.54) is 14.2 Å². The van der Waals surface area contributed by atoms with Crippen LogP contribution in [0.25, 0.3) is 0 Å². The fraction of sp³-hybridized carbons (Fsp3) is 0.333. The molecule has 0 aromatic heterocycles. The Morgan fingerprint density at radius 3 is 2.14 bits per heavy atom. The van der Waals surface area contributed by atoms with Gasteiger partial charge in [0.1, 0.15) is 17.2 Å². The number of ether oxygens (including phenoxy) is 2. The Bertz CT molecular complexity index is 290. The Balaban J connectivity index is 3.11. The highest BCUT2D eigenvalue weighted by atomic mass is 16.5. The molecular weight excluding hydrogens is 184 g/mol. The van der Waals surface area contributed by atoms with Crippen molar-refractivity contribution in [3.05, 3.63) is 17.7 Å². The first kappa shape index (κ1) is 10.6. The summed E-state index contributed by atoms with van der Waals surface area (Å²) in [6.07, 6.45) is 0. The lowest BCUT2D eigenvalue weighted by molar-refractivity contribution is 0.161. The number of hydroxylamine groups is 1. The van der Waals surface area contributed by atoms with Crippen LogP contribution in [0.4, 0.5) is 5.69 Å². The summed E-state index contributed by atoms with van der Waals surface area (Å²) in [6, 6.07) is 3.47. The van der Waals surface area contributed by atoms with E-state index >= 15 is 0 Å². The summed E-state index contributed by atoms with van der Waals surface area (Å²) < 4.78 is 10.1. The van der Waals surface area contributed by atoms with Crippen molar-refractivity contribution in [1.29, 1.82) is 0 Å². The first-order chi connectivity index (χ1) is 6.72. The number of anilines is 1. The normalized spacial score (nSPS) is 9.93. The molecule has 0 unspecified atom stereocenters. The third kappa shape index (κ3) is 2.07. The zero-order valence-corrected chi connectivity index (χ0v) is 8.20. The number of nitrogens with two attached hydrogens (primary N) is 1. The van der Waals surface area contributed by atoms with Crippen LogP contribution in [0, 0.1) is 0 Å². The average molecular weight is 198 g/mol. The Kier molecular flexibility index (Phi) is 3.55. The zero-order chi connectivity index (χ0) is 10.6. The number of hydrogen-bond donors (Lipinski definition) is 3. The Morgan fingerprint density at radius 2 is 1.79 bits per heavy atom. The topological polar surface area (TPSA) is 76.7 Å². The number of rotatable bonds is 4. The van der Waals surface area contributed by atoms with Crippen molar-refractivity contribution < 1.29 is 14.7 Å². The lowest BCUT2D eigenvalue weighted by Crippen LogP contribution is -2.07. The summed E-state index contributed by atoms with van der Waals surface area (Å²) >= 11 is 0. The molecule has 0 aliphatic rings. The van der Waals surface area contributed by atoms with Crippen LogP contribution in [0.3, 0.4) is 0 Å².